The lowest BCUT2D eigenvalue weighted by Gasteiger charge is -2.10. The van der Waals surface area contributed by atoms with E-state index in [1.807, 2.05) is 12.1 Å². The van der Waals surface area contributed by atoms with Crippen LogP contribution in [0.5, 0.6) is 5.75 Å². The molecule has 0 bridgehead atoms. The molecule has 0 fully saturated rings. The van der Waals surface area contributed by atoms with Crippen LogP contribution < -0.4 is 21.5 Å². The number of fused-ring (bicyclic) bond motifs is 3. The molecule has 4 heterocycles. The summed E-state index contributed by atoms with van der Waals surface area (Å²) in [6, 6.07) is 17.5. The third-order valence-corrected chi connectivity index (χ3v) is 5.74. The fourth-order valence-electron chi connectivity index (χ4n) is 3.89. The second-order valence-corrected chi connectivity index (χ2v) is 8.14. The Bertz CT molecular complexity index is 1720. The van der Waals surface area contributed by atoms with Crippen LogP contribution in [0.3, 0.4) is 0 Å². The van der Waals surface area contributed by atoms with Crippen LogP contribution in [0.15, 0.2) is 77.5 Å². The maximum absolute atomic E-state index is 12.5. The molecule has 12 nitrogen and oxygen atoms in total. The number of nitrogens with two attached hydrogens (primary N) is 2. The van der Waals surface area contributed by atoms with Crippen molar-refractivity contribution in [3.05, 3.63) is 78.7 Å². The first-order chi connectivity index (χ1) is 18.1. The first-order valence-electron chi connectivity index (χ1n) is 11.4. The number of hydrogen-bond acceptors (Lipinski definition) is 9. The maximum Gasteiger partial charge on any atom is 0.255 e. The quantitative estimate of drug-likeness (QED) is 0.282. The van der Waals surface area contributed by atoms with Crippen LogP contribution in [-0.4, -0.2) is 41.9 Å². The molecule has 0 aliphatic heterocycles. The summed E-state index contributed by atoms with van der Waals surface area (Å²) in [5, 5.41) is 12.3. The Balaban J connectivity index is 1.13. The van der Waals surface area contributed by atoms with E-state index in [0.29, 0.717) is 64.1 Å². The summed E-state index contributed by atoms with van der Waals surface area (Å²) in [7, 11) is 0. The predicted octanol–water partition coefficient (Wildman–Crippen LogP) is 3.23. The van der Waals surface area contributed by atoms with Gasteiger partial charge in [-0.05, 0) is 48.5 Å². The molecule has 12 heteroatoms. The second-order valence-electron chi connectivity index (χ2n) is 8.14. The monoisotopic (exact) mass is 495 g/mol. The molecule has 0 aliphatic rings. The molecular weight excluding hydrogens is 474 g/mol. The lowest BCUT2D eigenvalue weighted by molar-refractivity contribution is 0.102. The summed E-state index contributed by atoms with van der Waals surface area (Å²) in [6.07, 6.45) is 3.23. The van der Waals surface area contributed by atoms with Crippen LogP contribution in [0, 0.1) is 0 Å². The Morgan fingerprint density at radius 3 is 2.62 bits per heavy atom. The van der Waals surface area contributed by atoms with Crippen molar-refractivity contribution in [3.8, 4) is 17.3 Å². The molecular formula is C25H21N9O3. The van der Waals surface area contributed by atoms with Crippen molar-refractivity contribution < 1.29 is 13.9 Å². The number of rotatable bonds is 7. The molecule has 6 rings (SSSR count). The molecule has 0 spiro atoms. The van der Waals surface area contributed by atoms with Crippen molar-refractivity contribution in [2.45, 2.75) is 6.54 Å². The molecule has 1 amide bonds. The standard InChI is InChI=1S/C25H21N9O3/c26-18-4-1-2-5-19(18)29-24(35)15-7-9-16(10-8-15)36-13-11-33-22-17(14-28-33)23-30-21(20-6-3-12-37-20)32-34(23)25(27)31-22/h1-10,12,14H,11,13,26H2,(H2,27,31)(H,29,35). The number of nitrogens with zero attached hydrogens (tertiary/aromatic N) is 6. The van der Waals surface area contributed by atoms with Gasteiger partial charge in [0.05, 0.1) is 35.8 Å². The zero-order valence-electron chi connectivity index (χ0n) is 19.4. The lowest BCUT2D eigenvalue weighted by atomic mass is 10.2. The molecule has 0 radical (unpaired) electrons. The molecule has 184 valence electrons. The van der Waals surface area contributed by atoms with Gasteiger partial charge in [-0.15, -0.1) is 5.10 Å². The number of nitrogens with one attached hydrogen (secondary N) is 1. The number of para-hydroxylation sites is 2. The van der Waals surface area contributed by atoms with E-state index >= 15 is 0 Å². The van der Waals surface area contributed by atoms with Gasteiger partial charge < -0.3 is 25.9 Å². The van der Waals surface area contributed by atoms with Gasteiger partial charge in [-0.25, -0.2) is 9.67 Å². The van der Waals surface area contributed by atoms with Gasteiger partial charge >= 0.3 is 0 Å². The van der Waals surface area contributed by atoms with Crippen LogP contribution in [0.1, 0.15) is 10.4 Å². The summed E-state index contributed by atoms with van der Waals surface area (Å²) in [5.74, 6) is 1.48. The number of hydrogen-bond donors (Lipinski definition) is 3. The number of ether oxygens (including phenoxy) is 1. The Kier molecular flexibility index (Phi) is 5.37. The molecule has 6 aromatic rings. The fourth-order valence-corrected chi connectivity index (χ4v) is 3.89. The Labute approximate surface area is 209 Å². The Morgan fingerprint density at radius 2 is 1.84 bits per heavy atom. The SMILES string of the molecule is Nc1ccccc1NC(=O)c1ccc(OCCn2ncc3c2nc(N)n2nc(-c4ccco4)nc32)cc1. The van der Waals surface area contributed by atoms with E-state index < -0.39 is 0 Å². The van der Waals surface area contributed by atoms with E-state index in [1.54, 1.807) is 65.7 Å². The number of carbonyl (C=O) groups excluding carboxylic acids is 1. The van der Waals surface area contributed by atoms with Crippen molar-refractivity contribution in [3.63, 3.8) is 0 Å². The first kappa shape index (κ1) is 22.1. The van der Waals surface area contributed by atoms with E-state index in [9.17, 15) is 4.79 Å². The number of nitrogen functional groups attached to an aromatic ring is 2. The third-order valence-electron chi connectivity index (χ3n) is 5.74. The zero-order valence-corrected chi connectivity index (χ0v) is 19.4. The topological polar surface area (TPSA) is 164 Å². The van der Waals surface area contributed by atoms with Crippen molar-refractivity contribution in [1.29, 1.82) is 0 Å². The summed E-state index contributed by atoms with van der Waals surface area (Å²) in [4.78, 5) is 21.5. The zero-order chi connectivity index (χ0) is 25.4. The van der Waals surface area contributed by atoms with Gasteiger partial charge in [0.2, 0.25) is 11.8 Å². The highest BCUT2D eigenvalue weighted by atomic mass is 16.5. The smallest absolute Gasteiger partial charge is 0.255 e. The normalized spacial score (nSPS) is 11.2. The van der Waals surface area contributed by atoms with Crippen molar-refractivity contribution in [2.75, 3.05) is 23.4 Å². The number of aromatic nitrogens is 6. The highest BCUT2D eigenvalue weighted by molar-refractivity contribution is 6.05. The third kappa shape index (κ3) is 4.16. The predicted molar refractivity (Wildman–Crippen MR) is 137 cm³/mol. The van der Waals surface area contributed by atoms with Crippen molar-refractivity contribution in [2.24, 2.45) is 0 Å². The molecule has 5 N–H and O–H groups in total. The van der Waals surface area contributed by atoms with Crippen LogP contribution >= 0.6 is 0 Å². The number of amides is 1. The first-order valence-corrected chi connectivity index (χ1v) is 11.4. The number of carbonyl (C=O) groups is 1. The fraction of sp³-hybridized carbons (Fsp3) is 0.0800. The van der Waals surface area contributed by atoms with E-state index in [0.717, 1.165) is 0 Å². The number of furan rings is 1. The Morgan fingerprint density at radius 1 is 1.00 bits per heavy atom. The number of anilines is 3. The minimum atomic E-state index is -0.258. The molecule has 0 atom stereocenters. The average Bonchev–Trinajstić information content (AvgIpc) is 3.66. The second kappa shape index (κ2) is 9.00. The van der Waals surface area contributed by atoms with Gasteiger partial charge in [-0.1, -0.05) is 12.1 Å². The van der Waals surface area contributed by atoms with E-state index in [-0.39, 0.29) is 11.9 Å². The van der Waals surface area contributed by atoms with Crippen molar-refractivity contribution in [1.82, 2.24) is 29.4 Å². The van der Waals surface area contributed by atoms with Crippen LogP contribution in [-0.2, 0) is 6.54 Å². The number of benzene rings is 2. The van der Waals surface area contributed by atoms with Gasteiger partial charge in [-0.3, -0.25) is 4.79 Å². The van der Waals surface area contributed by atoms with Crippen molar-refractivity contribution >= 4 is 39.9 Å². The van der Waals surface area contributed by atoms with Gasteiger partial charge in [0.15, 0.2) is 17.1 Å². The molecule has 37 heavy (non-hydrogen) atoms. The average molecular weight is 496 g/mol. The van der Waals surface area contributed by atoms with E-state index in [4.69, 9.17) is 20.6 Å². The van der Waals surface area contributed by atoms with Crippen LogP contribution in [0.2, 0.25) is 0 Å². The highest BCUT2D eigenvalue weighted by Crippen LogP contribution is 2.24. The molecule has 0 unspecified atom stereocenters. The summed E-state index contributed by atoms with van der Waals surface area (Å²) in [5.41, 5.74) is 14.7. The lowest BCUT2D eigenvalue weighted by Crippen LogP contribution is -2.13. The van der Waals surface area contributed by atoms with Gasteiger partial charge in [0.1, 0.15) is 12.4 Å². The van der Waals surface area contributed by atoms with Crippen LogP contribution in [0.25, 0.3) is 28.3 Å². The summed E-state index contributed by atoms with van der Waals surface area (Å²) >= 11 is 0. The summed E-state index contributed by atoms with van der Waals surface area (Å²) in [6.45, 7) is 0.737. The molecule has 0 saturated carbocycles. The summed E-state index contributed by atoms with van der Waals surface area (Å²) < 4.78 is 14.4. The van der Waals surface area contributed by atoms with E-state index in [1.165, 1.54) is 4.52 Å². The maximum atomic E-state index is 12.5. The molecule has 0 aliphatic carbocycles. The van der Waals surface area contributed by atoms with Crippen LogP contribution in [0.4, 0.5) is 17.3 Å². The van der Waals surface area contributed by atoms with E-state index in [2.05, 4.69) is 25.5 Å². The Hall–Kier alpha value is -5.39. The van der Waals surface area contributed by atoms with Gasteiger partial charge in [0, 0.05) is 5.56 Å². The molecule has 0 saturated heterocycles. The van der Waals surface area contributed by atoms with Gasteiger partial charge in [0.25, 0.3) is 5.91 Å². The van der Waals surface area contributed by atoms with Gasteiger partial charge in [-0.2, -0.15) is 14.6 Å². The molecule has 4 aromatic heterocycles. The highest BCUT2D eigenvalue weighted by Gasteiger charge is 2.17. The largest absolute Gasteiger partial charge is 0.492 e. The molecule has 2 aromatic carbocycles. The minimum absolute atomic E-state index is 0.182. The minimum Gasteiger partial charge on any atom is -0.492 e.